The molecule has 3 heteroatoms. The second-order valence-electron chi connectivity index (χ2n) is 2.90. The minimum atomic E-state index is -0.393. The monoisotopic (exact) mass is 207 g/mol. The number of allylic oxidation sites excluding steroid dienone is 1. The Balaban J connectivity index is 2.68. The van der Waals surface area contributed by atoms with E-state index in [0.717, 1.165) is 17.7 Å². The molecule has 74 valence electrons. The van der Waals surface area contributed by atoms with Crippen LogP contribution in [0.1, 0.15) is 22.3 Å². The fraction of sp³-hybridized carbons (Fsp3) is 0.182. The number of hydrogen-bond acceptors (Lipinski definition) is 2. The Morgan fingerprint density at radius 3 is 2.50 bits per heavy atom. The quantitative estimate of drug-likeness (QED) is 0.730. The highest BCUT2D eigenvalue weighted by atomic mass is 32.1. The summed E-state index contributed by atoms with van der Waals surface area (Å²) >= 11 is 4.10. The molecule has 0 saturated heterocycles. The van der Waals surface area contributed by atoms with Gasteiger partial charge in [0.15, 0.2) is 0 Å². The van der Waals surface area contributed by atoms with Gasteiger partial charge in [0.2, 0.25) is 5.91 Å². The minimum absolute atomic E-state index is 0.393. The van der Waals surface area contributed by atoms with Crippen LogP contribution in [0, 0.1) is 0 Å². The number of nitrogens with two attached hydrogens (primary N) is 1. The molecule has 2 nitrogen and oxygen atoms in total. The van der Waals surface area contributed by atoms with Gasteiger partial charge in [-0.15, -0.1) is 0 Å². The highest BCUT2D eigenvalue weighted by Crippen LogP contribution is 2.06. The third-order valence-corrected chi connectivity index (χ3v) is 2.06. The molecule has 1 aromatic rings. The van der Waals surface area contributed by atoms with Crippen molar-refractivity contribution in [2.45, 2.75) is 6.42 Å². The number of carbonyl (C=O) groups excluding carboxylic acids is 1. The summed E-state index contributed by atoms with van der Waals surface area (Å²) in [5, 5.41) is 0. The summed E-state index contributed by atoms with van der Waals surface area (Å²) in [7, 11) is 0. The molecule has 1 rings (SSSR count). The molecular weight excluding hydrogens is 194 g/mol. The van der Waals surface area contributed by atoms with Crippen LogP contribution in [0.15, 0.2) is 30.3 Å². The van der Waals surface area contributed by atoms with E-state index in [9.17, 15) is 4.79 Å². The molecule has 1 amide bonds. The summed E-state index contributed by atoms with van der Waals surface area (Å²) in [6.07, 6.45) is 4.99. The van der Waals surface area contributed by atoms with E-state index in [-0.39, 0.29) is 0 Å². The lowest BCUT2D eigenvalue weighted by Crippen LogP contribution is -2.10. The Morgan fingerprint density at radius 1 is 1.36 bits per heavy atom. The zero-order valence-corrected chi connectivity index (χ0v) is 8.71. The first-order valence-corrected chi connectivity index (χ1v) is 5.04. The van der Waals surface area contributed by atoms with Crippen LogP contribution in [0.2, 0.25) is 0 Å². The number of primary amides is 1. The zero-order valence-electron chi connectivity index (χ0n) is 7.81. The van der Waals surface area contributed by atoms with Gasteiger partial charge in [-0.25, -0.2) is 0 Å². The molecule has 0 unspecified atom stereocenters. The van der Waals surface area contributed by atoms with Crippen LogP contribution in [-0.2, 0) is 0 Å². The van der Waals surface area contributed by atoms with Crippen LogP contribution in [0.3, 0.4) is 0 Å². The second-order valence-corrected chi connectivity index (χ2v) is 3.35. The molecule has 0 fully saturated rings. The first-order chi connectivity index (χ1) is 6.74. The van der Waals surface area contributed by atoms with E-state index in [1.54, 1.807) is 12.1 Å². The van der Waals surface area contributed by atoms with Crippen molar-refractivity contribution in [1.82, 2.24) is 0 Å². The molecule has 2 N–H and O–H groups in total. The third-order valence-electron chi connectivity index (χ3n) is 1.80. The lowest BCUT2D eigenvalue weighted by atomic mass is 10.1. The topological polar surface area (TPSA) is 43.1 Å². The largest absolute Gasteiger partial charge is 0.366 e. The molecule has 0 aliphatic rings. The Kier molecular flexibility index (Phi) is 4.26. The van der Waals surface area contributed by atoms with Crippen molar-refractivity contribution in [3.05, 3.63) is 41.5 Å². The number of hydrogen-bond donors (Lipinski definition) is 2. The number of thiol groups is 1. The van der Waals surface area contributed by atoms with Crippen molar-refractivity contribution in [3.63, 3.8) is 0 Å². The van der Waals surface area contributed by atoms with E-state index >= 15 is 0 Å². The SMILES string of the molecule is NC(=O)c1ccc(C=CCCS)cc1. The minimum Gasteiger partial charge on any atom is -0.366 e. The van der Waals surface area contributed by atoms with Gasteiger partial charge in [0.05, 0.1) is 0 Å². The van der Waals surface area contributed by atoms with Crippen molar-refractivity contribution in [1.29, 1.82) is 0 Å². The van der Waals surface area contributed by atoms with E-state index < -0.39 is 5.91 Å². The number of amides is 1. The molecule has 1 aromatic carbocycles. The summed E-state index contributed by atoms with van der Waals surface area (Å²) in [5.41, 5.74) is 6.72. The van der Waals surface area contributed by atoms with Crippen LogP contribution in [-0.4, -0.2) is 11.7 Å². The molecule has 0 aromatic heterocycles. The van der Waals surface area contributed by atoms with Crippen LogP contribution >= 0.6 is 12.6 Å². The Bertz CT molecular complexity index is 330. The highest BCUT2D eigenvalue weighted by Gasteiger charge is 1.97. The van der Waals surface area contributed by atoms with E-state index in [1.165, 1.54) is 0 Å². The van der Waals surface area contributed by atoms with Gasteiger partial charge in [0, 0.05) is 5.56 Å². The maximum absolute atomic E-state index is 10.8. The van der Waals surface area contributed by atoms with Gasteiger partial charge in [0.25, 0.3) is 0 Å². The highest BCUT2D eigenvalue weighted by molar-refractivity contribution is 7.80. The van der Waals surface area contributed by atoms with Gasteiger partial charge in [-0.2, -0.15) is 12.6 Å². The van der Waals surface area contributed by atoms with E-state index in [1.807, 2.05) is 24.3 Å². The first-order valence-electron chi connectivity index (χ1n) is 4.41. The second kappa shape index (κ2) is 5.50. The fourth-order valence-electron chi connectivity index (χ4n) is 1.05. The van der Waals surface area contributed by atoms with E-state index in [4.69, 9.17) is 5.73 Å². The average molecular weight is 207 g/mol. The molecular formula is C11H13NOS. The smallest absolute Gasteiger partial charge is 0.248 e. The predicted molar refractivity (Wildman–Crippen MR) is 62.5 cm³/mol. The molecule has 0 aliphatic carbocycles. The molecule has 0 saturated carbocycles. The maximum atomic E-state index is 10.8. The van der Waals surface area contributed by atoms with Crippen LogP contribution in [0.5, 0.6) is 0 Å². The van der Waals surface area contributed by atoms with Crippen LogP contribution < -0.4 is 5.73 Å². The van der Waals surface area contributed by atoms with Crippen molar-refractivity contribution < 1.29 is 4.79 Å². The Labute approximate surface area is 89.2 Å². The van der Waals surface area contributed by atoms with Gasteiger partial charge >= 0.3 is 0 Å². The van der Waals surface area contributed by atoms with E-state index in [0.29, 0.717) is 5.56 Å². The summed E-state index contributed by atoms with van der Waals surface area (Å²) in [6.45, 7) is 0. The lowest BCUT2D eigenvalue weighted by molar-refractivity contribution is 0.100. The molecule has 14 heavy (non-hydrogen) atoms. The Hall–Kier alpha value is -1.22. The molecule has 0 radical (unpaired) electrons. The average Bonchev–Trinajstić information content (AvgIpc) is 2.19. The maximum Gasteiger partial charge on any atom is 0.248 e. The first kappa shape index (κ1) is 10.9. The molecule has 0 bridgehead atoms. The van der Waals surface area contributed by atoms with Crippen molar-refractivity contribution in [2.75, 3.05) is 5.75 Å². The number of benzene rings is 1. The van der Waals surface area contributed by atoms with Gasteiger partial charge in [-0.3, -0.25) is 4.79 Å². The number of carbonyl (C=O) groups is 1. The molecule has 0 aliphatic heterocycles. The molecule has 0 atom stereocenters. The number of rotatable bonds is 4. The molecule has 0 heterocycles. The normalized spacial score (nSPS) is 10.6. The zero-order chi connectivity index (χ0) is 10.4. The van der Waals surface area contributed by atoms with Crippen molar-refractivity contribution in [3.8, 4) is 0 Å². The fourth-order valence-corrected chi connectivity index (χ4v) is 1.20. The summed E-state index contributed by atoms with van der Waals surface area (Å²) in [4.78, 5) is 10.8. The lowest BCUT2D eigenvalue weighted by Gasteiger charge is -1.96. The summed E-state index contributed by atoms with van der Waals surface area (Å²) in [5.74, 6) is 0.450. The third kappa shape index (κ3) is 3.26. The van der Waals surface area contributed by atoms with E-state index in [2.05, 4.69) is 12.6 Å². The molecule has 0 spiro atoms. The summed E-state index contributed by atoms with van der Waals surface area (Å²) in [6, 6.07) is 7.19. The van der Waals surface area contributed by atoms with Gasteiger partial charge in [-0.1, -0.05) is 24.3 Å². The van der Waals surface area contributed by atoms with Crippen LogP contribution in [0.25, 0.3) is 6.08 Å². The van der Waals surface area contributed by atoms with Crippen LogP contribution in [0.4, 0.5) is 0 Å². The van der Waals surface area contributed by atoms with Gasteiger partial charge in [-0.05, 0) is 29.9 Å². The standard InChI is InChI=1S/C11H13NOS/c12-11(13)10-6-4-9(5-7-10)3-1-2-8-14/h1,3-7,14H,2,8H2,(H2,12,13). The van der Waals surface area contributed by atoms with Crippen molar-refractivity contribution in [2.24, 2.45) is 5.73 Å². The Morgan fingerprint density at radius 2 is 2.00 bits per heavy atom. The van der Waals surface area contributed by atoms with Crippen molar-refractivity contribution >= 4 is 24.6 Å². The predicted octanol–water partition coefficient (Wildman–Crippen LogP) is 2.12. The van der Waals surface area contributed by atoms with Gasteiger partial charge in [0.1, 0.15) is 0 Å². The van der Waals surface area contributed by atoms with Gasteiger partial charge < -0.3 is 5.73 Å². The summed E-state index contributed by atoms with van der Waals surface area (Å²) < 4.78 is 0.